The van der Waals surface area contributed by atoms with Crippen molar-refractivity contribution in [1.29, 1.82) is 0 Å². The topological polar surface area (TPSA) is 82.4 Å². The van der Waals surface area contributed by atoms with Crippen LogP contribution in [0.25, 0.3) is 27.9 Å². The number of carbonyl (C=O) groups excluding carboxylic acids is 1. The van der Waals surface area contributed by atoms with Crippen molar-refractivity contribution in [3.05, 3.63) is 48.4 Å². The van der Waals surface area contributed by atoms with E-state index in [2.05, 4.69) is 33.3 Å². The molecule has 5 rings (SSSR count). The number of ether oxygens (including phenoxy) is 2. The zero-order valence-electron chi connectivity index (χ0n) is 18.6. The highest BCUT2D eigenvalue weighted by atomic mass is 16.6. The largest absolute Gasteiger partial charge is 0.444 e. The van der Waals surface area contributed by atoms with Crippen LogP contribution in [-0.4, -0.2) is 62.6 Å². The van der Waals surface area contributed by atoms with E-state index in [0.717, 1.165) is 34.0 Å². The van der Waals surface area contributed by atoms with Gasteiger partial charge in [0.1, 0.15) is 5.60 Å². The number of hydrogen-bond acceptors (Lipinski definition) is 6. The summed E-state index contributed by atoms with van der Waals surface area (Å²) in [6.07, 6.45) is 8.13. The zero-order valence-corrected chi connectivity index (χ0v) is 18.6. The van der Waals surface area contributed by atoms with Crippen LogP contribution >= 0.6 is 0 Å². The van der Waals surface area contributed by atoms with Gasteiger partial charge in [0.25, 0.3) is 0 Å². The Hall–Kier alpha value is -3.26. The van der Waals surface area contributed by atoms with Crippen LogP contribution < -0.4 is 0 Å². The molecule has 1 amide bonds. The molecule has 8 nitrogen and oxygen atoms in total. The van der Waals surface area contributed by atoms with E-state index >= 15 is 0 Å². The smallest absolute Gasteiger partial charge is 0.410 e. The molecule has 0 N–H and O–H groups in total. The molecule has 32 heavy (non-hydrogen) atoms. The van der Waals surface area contributed by atoms with Crippen LogP contribution in [0, 0.1) is 0 Å². The van der Waals surface area contributed by atoms with Crippen LogP contribution in [0.2, 0.25) is 0 Å². The van der Waals surface area contributed by atoms with Gasteiger partial charge in [-0.3, -0.25) is 4.68 Å². The summed E-state index contributed by atoms with van der Waals surface area (Å²) in [5, 5.41) is 5.61. The summed E-state index contributed by atoms with van der Waals surface area (Å²) in [7, 11) is 0. The molecule has 0 radical (unpaired) electrons. The van der Waals surface area contributed by atoms with Gasteiger partial charge in [-0.1, -0.05) is 18.2 Å². The van der Waals surface area contributed by atoms with Crippen LogP contribution in [0.15, 0.2) is 42.9 Å². The lowest BCUT2D eigenvalue weighted by Gasteiger charge is -2.29. The van der Waals surface area contributed by atoms with Crippen molar-refractivity contribution in [2.45, 2.75) is 38.8 Å². The van der Waals surface area contributed by atoms with Gasteiger partial charge in [-0.15, -0.1) is 0 Å². The Morgan fingerprint density at radius 1 is 1.12 bits per heavy atom. The van der Waals surface area contributed by atoms with Crippen molar-refractivity contribution in [1.82, 2.24) is 24.6 Å². The first-order valence-electron chi connectivity index (χ1n) is 10.9. The van der Waals surface area contributed by atoms with E-state index in [4.69, 9.17) is 9.47 Å². The van der Waals surface area contributed by atoms with Crippen molar-refractivity contribution >= 4 is 22.6 Å². The molecule has 3 aromatic rings. The summed E-state index contributed by atoms with van der Waals surface area (Å²) in [6.45, 7) is 8.18. The van der Waals surface area contributed by atoms with Crippen molar-refractivity contribution in [3.63, 3.8) is 0 Å². The maximum atomic E-state index is 12.3. The Morgan fingerprint density at radius 3 is 2.53 bits per heavy atom. The van der Waals surface area contributed by atoms with Crippen LogP contribution in [0.4, 0.5) is 4.79 Å². The second-order valence-electron chi connectivity index (χ2n) is 9.26. The zero-order chi connectivity index (χ0) is 22.3. The average Bonchev–Trinajstić information content (AvgIpc) is 3.14. The number of carbonyl (C=O) groups is 1. The molecule has 166 valence electrons. The number of nitrogens with zero attached hydrogens (tertiary/aromatic N) is 5. The lowest BCUT2D eigenvalue weighted by molar-refractivity contribution is -0.0266. The lowest BCUT2D eigenvalue weighted by Crippen LogP contribution is -2.39. The van der Waals surface area contributed by atoms with Crippen molar-refractivity contribution in [2.24, 2.45) is 0 Å². The first-order chi connectivity index (χ1) is 15.4. The SMILES string of the molecule is CC(C)(C)OC(=O)N1CC=C(c2cnc(-c3ccc4cnn(C5COC5)c4c3)nc2)CC1. The van der Waals surface area contributed by atoms with E-state index in [1.807, 2.05) is 50.1 Å². The fourth-order valence-electron chi connectivity index (χ4n) is 3.90. The summed E-state index contributed by atoms with van der Waals surface area (Å²) in [6, 6.07) is 6.47. The number of benzene rings is 1. The van der Waals surface area contributed by atoms with Crippen LogP contribution in [0.3, 0.4) is 0 Å². The molecule has 0 aliphatic carbocycles. The molecule has 0 spiro atoms. The molecule has 2 aliphatic heterocycles. The quantitative estimate of drug-likeness (QED) is 0.619. The number of hydrogen-bond donors (Lipinski definition) is 0. The van der Waals surface area contributed by atoms with Gasteiger partial charge in [0, 0.05) is 42.0 Å². The number of amides is 1. The third kappa shape index (κ3) is 4.10. The van der Waals surface area contributed by atoms with Crippen LogP contribution in [0.1, 0.15) is 38.8 Å². The van der Waals surface area contributed by atoms with Gasteiger partial charge in [-0.25, -0.2) is 14.8 Å². The van der Waals surface area contributed by atoms with E-state index in [1.54, 1.807) is 4.90 Å². The van der Waals surface area contributed by atoms with Gasteiger partial charge in [0.15, 0.2) is 5.82 Å². The predicted octanol–water partition coefficient (Wildman–Crippen LogP) is 4.09. The van der Waals surface area contributed by atoms with E-state index in [1.165, 1.54) is 0 Å². The second-order valence-corrected chi connectivity index (χ2v) is 9.26. The highest BCUT2D eigenvalue weighted by Crippen LogP contribution is 2.28. The summed E-state index contributed by atoms with van der Waals surface area (Å²) >= 11 is 0. The number of fused-ring (bicyclic) bond motifs is 1. The molecule has 8 heteroatoms. The number of aromatic nitrogens is 4. The third-order valence-corrected chi connectivity index (χ3v) is 5.71. The lowest BCUT2D eigenvalue weighted by atomic mass is 10.0. The Labute approximate surface area is 186 Å². The minimum Gasteiger partial charge on any atom is -0.444 e. The minimum absolute atomic E-state index is 0.275. The monoisotopic (exact) mass is 433 g/mol. The van der Waals surface area contributed by atoms with Gasteiger partial charge in [-0.05, 0) is 38.8 Å². The van der Waals surface area contributed by atoms with Crippen molar-refractivity contribution in [2.75, 3.05) is 26.3 Å². The van der Waals surface area contributed by atoms with E-state index in [-0.39, 0.29) is 6.09 Å². The maximum Gasteiger partial charge on any atom is 0.410 e. The minimum atomic E-state index is -0.489. The van der Waals surface area contributed by atoms with Gasteiger partial charge < -0.3 is 14.4 Å². The molecule has 4 heterocycles. The molecule has 1 fully saturated rings. The highest BCUT2D eigenvalue weighted by molar-refractivity contribution is 5.83. The molecule has 1 aromatic carbocycles. The first-order valence-corrected chi connectivity index (χ1v) is 10.9. The van der Waals surface area contributed by atoms with Crippen molar-refractivity contribution in [3.8, 4) is 11.4 Å². The standard InChI is InChI=1S/C24H27N5O3/c1-24(2,3)32-23(30)28-8-6-16(7-9-28)19-11-25-22(26-12-19)17-4-5-18-13-27-29(21(18)10-17)20-14-31-15-20/h4-6,10-13,20H,7-9,14-15H2,1-3H3. The van der Waals surface area contributed by atoms with Gasteiger partial charge in [0.2, 0.25) is 0 Å². The Kier molecular flexibility index (Phi) is 5.17. The molecule has 2 aromatic heterocycles. The predicted molar refractivity (Wildman–Crippen MR) is 121 cm³/mol. The van der Waals surface area contributed by atoms with Gasteiger partial charge in [0.05, 0.1) is 31.0 Å². The molecule has 0 unspecified atom stereocenters. The van der Waals surface area contributed by atoms with E-state index in [0.29, 0.717) is 38.2 Å². The average molecular weight is 434 g/mol. The van der Waals surface area contributed by atoms with Gasteiger partial charge in [-0.2, -0.15) is 5.10 Å². The summed E-state index contributed by atoms with van der Waals surface area (Å²) in [5.74, 6) is 0.681. The number of rotatable bonds is 3. The highest BCUT2D eigenvalue weighted by Gasteiger charge is 2.25. The summed E-state index contributed by atoms with van der Waals surface area (Å²) in [4.78, 5) is 23.2. The molecule has 1 saturated heterocycles. The van der Waals surface area contributed by atoms with Gasteiger partial charge >= 0.3 is 6.09 Å². The third-order valence-electron chi connectivity index (χ3n) is 5.71. The van der Waals surface area contributed by atoms with E-state index in [9.17, 15) is 4.79 Å². The Bertz CT molecular complexity index is 1170. The molecular weight excluding hydrogens is 406 g/mol. The second kappa shape index (κ2) is 8.02. The first kappa shape index (κ1) is 20.6. The van der Waals surface area contributed by atoms with E-state index < -0.39 is 5.60 Å². The summed E-state index contributed by atoms with van der Waals surface area (Å²) < 4.78 is 12.8. The molecule has 0 saturated carbocycles. The molecule has 0 atom stereocenters. The summed E-state index contributed by atoms with van der Waals surface area (Å²) in [5.41, 5.74) is 3.67. The molecule has 0 bridgehead atoms. The fourth-order valence-corrected chi connectivity index (χ4v) is 3.90. The van der Waals surface area contributed by atoms with Crippen molar-refractivity contribution < 1.29 is 14.3 Å². The van der Waals surface area contributed by atoms with Crippen LogP contribution in [0.5, 0.6) is 0 Å². The fraction of sp³-hybridized carbons (Fsp3) is 0.417. The Balaban J connectivity index is 1.31. The Morgan fingerprint density at radius 2 is 1.91 bits per heavy atom. The normalized spacial score (nSPS) is 17.2. The molecular formula is C24H27N5O3. The molecule has 2 aliphatic rings. The van der Waals surface area contributed by atoms with Crippen LogP contribution in [-0.2, 0) is 9.47 Å². The maximum absolute atomic E-state index is 12.3.